The Kier molecular flexibility index (Phi) is 3.61. The summed E-state index contributed by atoms with van der Waals surface area (Å²) in [4.78, 5) is 0. The van der Waals surface area contributed by atoms with Crippen molar-refractivity contribution >= 4 is 12.6 Å². The van der Waals surface area contributed by atoms with Crippen LogP contribution >= 0.6 is 0 Å². The van der Waals surface area contributed by atoms with Gasteiger partial charge in [0.25, 0.3) is 0 Å². The Labute approximate surface area is 134 Å². The Morgan fingerprint density at radius 1 is 1.04 bits per heavy atom. The molecule has 2 aromatic rings. The van der Waals surface area contributed by atoms with Crippen LogP contribution in [0.3, 0.4) is 0 Å². The summed E-state index contributed by atoms with van der Waals surface area (Å²) in [7, 11) is 0.786. The standard InChI is InChI=1S/C16H19BF2N2O2/c1-15(2)16(3,4)23-17(22-15)12-7-6-11(13(18)14(12)19)10-8-20-21(5)9-10/h6-9H,1-5H3. The van der Waals surface area contributed by atoms with Gasteiger partial charge in [0.1, 0.15) is 0 Å². The first-order valence-electron chi connectivity index (χ1n) is 7.45. The predicted molar refractivity (Wildman–Crippen MR) is 84.3 cm³/mol. The van der Waals surface area contributed by atoms with Crippen molar-refractivity contribution < 1.29 is 18.1 Å². The molecule has 0 atom stereocenters. The van der Waals surface area contributed by atoms with Crippen LogP contribution in [0.4, 0.5) is 8.78 Å². The Bertz CT molecular complexity index is 743. The van der Waals surface area contributed by atoms with Crippen LogP contribution in [0.1, 0.15) is 27.7 Å². The molecule has 1 aliphatic rings. The fourth-order valence-corrected chi connectivity index (χ4v) is 2.50. The zero-order valence-corrected chi connectivity index (χ0v) is 13.9. The van der Waals surface area contributed by atoms with E-state index < -0.39 is 30.0 Å². The van der Waals surface area contributed by atoms with E-state index in [2.05, 4.69) is 5.10 Å². The normalized spacial score (nSPS) is 19.3. The average Bonchev–Trinajstić information content (AvgIpc) is 2.94. The number of rotatable bonds is 2. The molecule has 0 unspecified atom stereocenters. The molecule has 1 aromatic heterocycles. The SMILES string of the molecule is Cn1cc(-c2ccc(B3OC(C)(C)C(C)(C)O3)c(F)c2F)cn1. The monoisotopic (exact) mass is 320 g/mol. The van der Waals surface area contributed by atoms with Gasteiger partial charge in [-0.2, -0.15) is 5.10 Å². The van der Waals surface area contributed by atoms with E-state index in [1.54, 1.807) is 13.2 Å². The highest BCUT2D eigenvalue weighted by atomic mass is 19.2. The minimum Gasteiger partial charge on any atom is -0.399 e. The molecule has 2 heterocycles. The molecule has 0 saturated carbocycles. The molecule has 0 N–H and O–H groups in total. The van der Waals surface area contributed by atoms with Gasteiger partial charge >= 0.3 is 7.12 Å². The minimum absolute atomic E-state index is 0.0637. The highest BCUT2D eigenvalue weighted by molar-refractivity contribution is 6.62. The minimum atomic E-state index is -0.954. The van der Waals surface area contributed by atoms with Crippen molar-refractivity contribution in [2.45, 2.75) is 38.9 Å². The molecule has 122 valence electrons. The number of hydrogen-bond donors (Lipinski definition) is 0. The molecule has 7 heteroatoms. The van der Waals surface area contributed by atoms with E-state index in [4.69, 9.17) is 9.31 Å². The van der Waals surface area contributed by atoms with Crippen molar-refractivity contribution in [3.05, 3.63) is 36.2 Å². The second-order valence-corrected chi connectivity index (χ2v) is 6.82. The number of aryl methyl sites for hydroxylation is 1. The number of nitrogens with zero attached hydrogens (tertiary/aromatic N) is 2. The number of hydrogen-bond acceptors (Lipinski definition) is 3. The van der Waals surface area contributed by atoms with Gasteiger partial charge in [-0.1, -0.05) is 12.1 Å². The summed E-state index contributed by atoms with van der Waals surface area (Å²) in [5, 5.41) is 3.98. The van der Waals surface area contributed by atoms with Gasteiger partial charge < -0.3 is 9.31 Å². The van der Waals surface area contributed by atoms with Gasteiger partial charge in [-0.15, -0.1) is 0 Å². The first-order chi connectivity index (χ1) is 10.6. The lowest BCUT2D eigenvalue weighted by Gasteiger charge is -2.32. The van der Waals surface area contributed by atoms with E-state index in [0.717, 1.165) is 0 Å². The number of halogens is 2. The molecule has 4 nitrogen and oxygen atoms in total. The van der Waals surface area contributed by atoms with Crippen molar-refractivity contribution in [3.63, 3.8) is 0 Å². The third kappa shape index (κ3) is 2.58. The maximum atomic E-state index is 14.5. The molecule has 3 rings (SSSR count). The van der Waals surface area contributed by atoms with Crippen molar-refractivity contribution in [1.82, 2.24) is 9.78 Å². The maximum Gasteiger partial charge on any atom is 0.497 e. The molecular weight excluding hydrogens is 301 g/mol. The number of aromatic nitrogens is 2. The van der Waals surface area contributed by atoms with Crippen LogP contribution < -0.4 is 5.46 Å². The first kappa shape index (κ1) is 16.1. The Morgan fingerprint density at radius 2 is 1.65 bits per heavy atom. The summed E-state index contributed by atoms with van der Waals surface area (Å²) in [6.07, 6.45) is 3.12. The summed E-state index contributed by atoms with van der Waals surface area (Å²) in [6, 6.07) is 3.03. The van der Waals surface area contributed by atoms with E-state index in [9.17, 15) is 8.78 Å². The second kappa shape index (κ2) is 5.14. The lowest BCUT2D eigenvalue weighted by atomic mass is 9.78. The summed E-state index contributed by atoms with van der Waals surface area (Å²) in [5.41, 5.74) is -0.473. The summed E-state index contributed by atoms with van der Waals surface area (Å²) < 4.78 is 42.1. The van der Waals surface area contributed by atoms with Crippen LogP contribution in [-0.4, -0.2) is 28.1 Å². The molecular formula is C16H19BF2N2O2. The lowest BCUT2D eigenvalue weighted by molar-refractivity contribution is 0.00578. The van der Waals surface area contributed by atoms with Crippen LogP contribution in [0.25, 0.3) is 11.1 Å². The average molecular weight is 320 g/mol. The van der Waals surface area contributed by atoms with Crippen LogP contribution in [-0.2, 0) is 16.4 Å². The molecule has 0 radical (unpaired) electrons. The third-order valence-corrected chi connectivity index (χ3v) is 4.64. The third-order valence-electron chi connectivity index (χ3n) is 4.64. The van der Waals surface area contributed by atoms with E-state index in [0.29, 0.717) is 5.56 Å². The van der Waals surface area contributed by atoms with Gasteiger partial charge in [-0.25, -0.2) is 8.78 Å². The largest absolute Gasteiger partial charge is 0.497 e. The molecule has 1 saturated heterocycles. The van der Waals surface area contributed by atoms with E-state index >= 15 is 0 Å². The summed E-state index contributed by atoms with van der Waals surface area (Å²) in [5.74, 6) is -1.88. The number of benzene rings is 1. The fraction of sp³-hybridized carbons (Fsp3) is 0.438. The summed E-state index contributed by atoms with van der Waals surface area (Å²) in [6.45, 7) is 7.47. The molecule has 0 aliphatic carbocycles. The molecule has 23 heavy (non-hydrogen) atoms. The molecule has 1 aliphatic heterocycles. The van der Waals surface area contributed by atoms with Crippen molar-refractivity contribution in [1.29, 1.82) is 0 Å². The second-order valence-electron chi connectivity index (χ2n) is 6.82. The van der Waals surface area contributed by atoms with Gasteiger partial charge in [0.2, 0.25) is 0 Å². The first-order valence-corrected chi connectivity index (χ1v) is 7.45. The Hall–Kier alpha value is -1.73. The predicted octanol–water partition coefficient (Wildman–Crippen LogP) is 2.66. The highest BCUT2D eigenvalue weighted by Gasteiger charge is 2.52. The van der Waals surface area contributed by atoms with E-state index in [1.165, 1.54) is 23.0 Å². The van der Waals surface area contributed by atoms with Crippen LogP contribution in [0.15, 0.2) is 24.5 Å². The highest BCUT2D eigenvalue weighted by Crippen LogP contribution is 2.37. The van der Waals surface area contributed by atoms with Crippen molar-refractivity contribution in [2.75, 3.05) is 0 Å². The zero-order chi connectivity index (χ0) is 17.0. The van der Waals surface area contributed by atoms with Crippen LogP contribution in [0.5, 0.6) is 0 Å². The van der Waals surface area contributed by atoms with Crippen LogP contribution in [0, 0.1) is 11.6 Å². The molecule has 0 spiro atoms. The van der Waals surface area contributed by atoms with Gasteiger partial charge in [-0.3, -0.25) is 4.68 Å². The van der Waals surface area contributed by atoms with Crippen molar-refractivity contribution in [3.8, 4) is 11.1 Å². The van der Waals surface area contributed by atoms with Crippen LogP contribution in [0.2, 0.25) is 0 Å². The van der Waals surface area contributed by atoms with E-state index in [1.807, 2.05) is 27.7 Å². The van der Waals surface area contributed by atoms with Gasteiger partial charge in [0.05, 0.1) is 17.4 Å². The van der Waals surface area contributed by atoms with E-state index in [-0.39, 0.29) is 11.0 Å². The zero-order valence-electron chi connectivity index (χ0n) is 13.9. The molecule has 0 bridgehead atoms. The van der Waals surface area contributed by atoms with Gasteiger partial charge in [-0.05, 0) is 27.7 Å². The molecule has 0 amide bonds. The van der Waals surface area contributed by atoms with Gasteiger partial charge in [0, 0.05) is 29.8 Å². The summed E-state index contributed by atoms with van der Waals surface area (Å²) >= 11 is 0. The molecule has 1 fully saturated rings. The fourth-order valence-electron chi connectivity index (χ4n) is 2.50. The lowest BCUT2D eigenvalue weighted by Crippen LogP contribution is -2.41. The Morgan fingerprint density at radius 3 is 2.17 bits per heavy atom. The van der Waals surface area contributed by atoms with Gasteiger partial charge in [0.15, 0.2) is 11.6 Å². The Balaban J connectivity index is 1.99. The smallest absolute Gasteiger partial charge is 0.399 e. The maximum absolute atomic E-state index is 14.5. The topological polar surface area (TPSA) is 36.3 Å². The van der Waals surface area contributed by atoms with Crippen molar-refractivity contribution in [2.24, 2.45) is 7.05 Å². The molecule has 1 aromatic carbocycles. The quantitative estimate of drug-likeness (QED) is 0.798.